The average molecular weight is 484 g/mol. The van der Waals surface area contributed by atoms with E-state index < -0.39 is 8.30 Å². The first-order chi connectivity index (χ1) is 16.4. The second-order valence-corrected chi connectivity index (χ2v) is 11.7. The number of hydrogen-bond acceptors (Lipinski definition) is 8. The first kappa shape index (κ1) is 23.7. The van der Waals surface area contributed by atoms with Gasteiger partial charge in [0.05, 0.1) is 8.30 Å². The number of piperazine rings is 1. The van der Waals surface area contributed by atoms with Crippen LogP contribution in [0.1, 0.15) is 42.4 Å². The molecule has 34 heavy (non-hydrogen) atoms. The number of nitrogens with zero attached hydrogens (tertiary/aromatic N) is 6. The number of aromatic nitrogens is 2. The maximum absolute atomic E-state index is 9.95. The molecule has 1 aromatic heterocycles. The lowest BCUT2D eigenvalue weighted by Gasteiger charge is -2.38. The van der Waals surface area contributed by atoms with Crippen LogP contribution in [0.15, 0.2) is 24.3 Å². The SMILES string of the molecule is CC1Cc2ccc(C3CCN(P(C)O)CC3)cc2CN1c1cc(N2CCN(C)CC2)nc(N)n1. The summed E-state index contributed by atoms with van der Waals surface area (Å²) in [7, 11) is 1.20. The van der Waals surface area contributed by atoms with Crippen LogP contribution < -0.4 is 15.5 Å². The summed E-state index contributed by atoms with van der Waals surface area (Å²) in [6.07, 6.45) is 3.23. The predicted octanol–water partition coefficient (Wildman–Crippen LogP) is 2.88. The number of nitrogen functional groups attached to an aromatic ring is 1. The molecule has 184 valence electrons. The Balaban J connectivity index is 1.35. The maximum atomic E-state index is 9.95. The third-order valence-electron chi connectivity index (χ3n) is 7.81. The average Bonchev–Trinajstić information content (AvgIpc) is 2.83. The van der Waals surface area contributed by atoms with Crippen molar-refractivity contribution >= 4 is 25.9 Å². The molecule has 0 saturated carbocycles. The summed E-state index contributed by atoms with van der Waals surface area (Å²) >= 11 is 0. The van der Waals surface area contributed by atoms with Crippen LogP contribution in [0.4, 0.5) is 17.6 Å². The summed E-state index contributed by atoms with van der Waals surface area (Å²) in [6.45, 7) is 11.0. The van der Waals surface area contributed by atoms with Gasteiger partial charge in [-0.1, -0.05) is 18.2 Å². The number of hydrogen-bond donors (Lipinski definition) is 2. The molecule has 9 heteroatoms. The van der Waals surface area contributed by atoms with Gasteiger partial charge in [-0.25, -0.2) is 0 Å². The van der Waals surface area contributed by atoms with Gasteiger partial charge in [0.2, 0.25) is 5.95 Å². The zero-order chi connectivity index (χ0) is 23.8. The van der Waals surface area contributed by atoms with E-state index in [0.717, 1.165) is 76.7 Å². The zero-order valence-corrected chi connectivity index (χ0v) is 21.6. The third kappa shape index (κ3) is 5.01. The molecule has 3 N–H and O–H groups in total. The monoisotopic (exact) mass is 483 g/mol. The van der Waals surface area contributed by atoms with Gasteiger partial charge in [-0.2, -0.15) is 9.97 Å². The molecule has 0 bridgehead atoms. The van der Waals surface area contributed by atoms with Gasteiger partial charge in [0.25, 0.3) is 0 Å². The number of benzene rings is 1. The van der Waals surface area contributed by atoms with E-state index in [2.05, 4.69) is 67.6 Å². The van der Waals surface area contributed by atoms with E-state index in [0.29, 0.717) is 17.9 Å². The normalized spacial score (nSPS) is 23.7. The van der Waals surface area contributed by atoms with Crippen molar-refractivity contribution in [3.8, 4) is 0 Å². The Morgan fingerprint density at radius 3 is 2.38 bits per heavy atom. The molecule has 3 aliphatic heterocycles. The molecule has 0 aliphatic carbocycles. The molecule has 2 unspecified atom stereocenters. The summed E-state index contributed by atoms with van der Waals surface area (Å²) in [5.74, 6) is 2.79. The number of fused-ring (bicyclic) bond motifs is 1. The van der Waals surface area contributed by atoms with Crippen molar-refractivity contribution in [1.29, 1.82) is 0 Å². The van der Waals surface area contributed by atoms with Crippen molar-refractivity contribution in [3.05, 3.63) is 41.0 Å². The van der Waals surface area contributed by atoms with E-state index in [1.54, 1.807) is 0 Å². The van der Waals surface area contributed by atoms with Crippen molar-refractivity contribution in [2.45, 2.75) is 44.7 Å². The van der Waals surface area contributed by atoms with Gasteiger partial charge in [0.1, 0.15) is 11.6 Å². The standard InChI is InChI=1S/C25H38N7OP/c1-18-14-20-4-5-21(19-6-8-31(9-7-19)34(3)33)15-22(20)17-32(18)24-16-23(27-25(26)28-24)30-12-10-29(2)11-13-30/h4-5,15-16,18-19,33H,6-14,17H2,1-3H3,(H2,26,27,28). The third-order valence-corrected chi connectivity index (χ3v) is 9.03. The lowest BCUT2D eigenvalue weighted by molar-refractivity contribution is 0.312. The molecule has 0 radical (unpaired) electrons. The number of nitrogens with two attached hydrogens (primary N) is 1. The molecule has 5 rings (SSSR count). The second-order valence-electron chi connectivity index (χ2n) is 10.2. The molecule has 2 fully saturated rings. The van der Waals surface area contributed by atoms with Crippen LogP contribution in [0.5, 0.6) is 0 Å². The Labute approximate surface area is 204 Å². The lowest BCUT2D eigenvalue weighted by atomic mass is 9.86. The minimum Gasteiger partial charge on any atom is -0.368 e. The van der Waals surface area contributed by atoms with Gasteiger partial charge in [-0.3, -0.25) is 4.67 Å². The van der Waals surface area contributed by atoms with Crippen molar-refractivity contribution in [2.24, 2.45) is 0 Å². The van der Waals surface area contributed by atoms with Crippen molar-refractivity contribution in [2.75, 3.05) is 68.5 Å². The molecule has 2 atom stereocenters. The fraction of sp³-hybridized carbons (Fsp3) is 0.600. The molecule has 2 aromatic rings. The first-order valence-electron chi connectivity index (χ1n) is 12.5. The van der Waals surface area contributed by atoms with Gasteiger partial charge in [-0.05, 0) is 62.5 Å². The fourth-order valence-electron chi connectivity index (χ4n) is 5.59. The minimum atomic E-state index is -0.966. The smallest absolute Gasteiger partial charge is 0.223 e. The highest BCUT2D eigenvalue weighted by molar-refractivity contribution is 7.48. The molecule has 2 saturated heterocycles. The fourth-order valence-corrected chi connectivity index (χ4v) is 6.40. The predicted molar refractivity (Wildman–Crippen MR) is 141 cm³/mol. The topological polar surface area (TPSA) is 85.0 Å². The Morgan fingerprint density at radius 2 is 1.68 bits per heavy atom. The Hall–Kier alpha value is -1.99. The number of anilines is 3. The zero-order valence-electron chi connectivity index (χ0n) is 20.7. The van der Waals surface area contributed by atoms with Gasteiger partial charge >= 0.3 is 0 Å². The first-order valence-corrected chi connectivity index (χ1v) is 14.2. The van der Waals surface area contributed by atoms with Crippen LogP contribution in [-0.2, 0) is 13.0 Å². The van der Waals surface area contributed by atoms with Crippen molar-refractivity contribution in [1.82, 2.24) is 19.5 Å². The van der Waals surface area contributed by atoms with Gasteiger partial charge in [0.15, 0.2) is 0 Å². The van der Waals surface area contributed by atoms with E-state index in [9.17, 15) is 4.89 Å². The van der Waals surface area contributed by atoms with Crippen molar-refractivity contribution < 1.29 is 4.89 Å². The molecular formula is C25H38N7OP. The van der Waals surface area contributed by atoms with E-state index in [1.165, 1.54) is 16.7 Å². The molecule has 1 aromatic carbocycles. The largest absolute Gasteiger partial charge is 0.368 e. The van der Waals surface area contributed by atoms with Crippen molar-refractivity contribution in [3.63, 3.8) is 0 Å². The van der Waals surface area contributed by atoms with Crippen LogP contribution in [-0.4, -0.2) is 83.5 Å². The summed E-state index contributed by atoms with van der Waals surface area (Å²) in [6, 6.07) is 9.58. The minimum absolute atomic E-state index is 0.351. The lowest BCUT2D eigenvalue weighted by Crippen LogP contribution is -2.45. The second kappa shape index (κ2) is 9.94. The van der Waals surface area contributed by atoms with E-state index >= 15 is 0 Å². The molecular weight excluding hydrogens is 445 g/mol. The molecule has 4 heterocycles. The van der Waals surface area contributed by atoms with Gasteiger partial charge in [0, 0.05) is 57.9 Å². The molecule has 0 spiro atoms. The van der Waals surface area contributed by atoms with Crippen LogP contribution in [0, 0.1) is 0 Å². The van der Waals surface area contributed by atoms with Crippen LogP contribution >= 0.6 is 8.30 Å². The van der Waals surface area contributed by atoms with Gasteiger partial charge in [-0.15, -0.1) is 0 Å². The molecule has 0 amide bonds. The quantitative estimate of drug-likeness (QED) is 0.643. The highest BCUT2D eigenvalue weighted by Gasteiger charge is 2.28. The van der Waals surface area contributed by atoms with E-state index in [4.69, 9.17) is 5.73 Å². The summed E-state index contributed by atoms with van der Waals surface area (Å²) in [5.41, 5.74) is 10.5. The summed E-state index contributed by atoms with van der Waals surface area (Å²) in [4.78, 5) is 26.2. The van der Waals surface area contributed by atoms with E-state index in [-0.39, 0.29) is 0 Å². The molecule has 3 aliphatic rings. The van der Waals surface area contributed by atoms with Crippen LogP contribution in [0.2, 0.25) is 0 Å². The Kier molecular flexibility index (Phi) is 6.94. The number of likely N-dealkylation sites (N-methyl/N-ethyl adjacent to an activating group) is 1. The van der Waals surface area contributed by atoms with Gasteiger partial charge < -0.3 is 25.3 Å². The summed E-state index contributed by atoms with van der Waals surface area (Å²) in [5, 5.41) is 0. The molecule has 8 nitrogen and oxygen atoms in total. The van der Waals surface area contributed by atoms with E-state index in [1.807, 2.05) is 6.66 Å². The highest BCUT2D eigenvalue weighted by atomic mass is 31.2. The van der Waals surface area contributed by atoms with Crippen LogP contribution in [0.3, 0.4) is 0 Å². The summed E-state index contributed by atoms with van der Waals surface area (Å²) < 4.78 is 2.23. The number of piperidine rings is 1. The number of rotatable bonds is 4. The maximum Gasteiger partial charge on any atom is 0.223 e. The highest BCUT2D eigenvalue weighted by Crippen LogP contribution is 2.39. The Bertz CT molecular complexity index is 1000. The Morgan fingerprint density at radius 1 is 0.971 bits per heavy atom. The van der Waals surface area contributed by atoms with Crippen LogP contribution in [0.25, 0.3) is 0 Å².